The molecule has 0 saturated carbocycles. The first-order chi connectivity index (χ1) is 9.36. The van der Waals surface area contributed by atoms with Crippen molar-refractivity contribution in [2.75, 3.05) is 11.9 Å². The number of hydrogen-bond donors (Lipinski definition) is 2. The number of nitrogens with one attached hydrogen (secondary N) is 2. The summed E-state index contributed by atoms with van der Waals surface area (Å²) in [6.45, 7) is 4.65. The highest BCUT2D eigenvalue weighted by Crippen LogP contribution is 2.29. The minimum Gasteiger partial charge on any atom is -0.338 e. The molecule has 0 aliphatic heterocycles. The maximum atomic E-state index is 12.4. The number of amides is 2. The number of rotatable bonds is 5. The predicted molar refractivity (Wildman–Crippen MR) is 72.5 cm³/mol. The molecule has 0 radical (unpaired) electrons. The lowest BCUT2D eigenvalue weighted by atomic mass is 10.0. The van der Waals surface area contributed by atoms with Gasteiger partial charge in [0.15, 0.2) is 0 Å². The van der Waals surface area contributed by atoms with E-state index < -0.39 is 17.8 Å². The average Bonchev–Trinajstić information content (AvgIpc) is 2.39. The van der Waals surface area contributed by atoms with Crippen molar-refractivity contribution in [1.29, 1.82) is 0 Å². The highest BCUT2D eigenvalue weighted by molar-refractivity contribution is 5.89. The third kappa shape index (κ3) is 5.11. The van der Waals surface area contributed by atoms with Crippen molar-refractivity contribution in [3.05, 3.63) is 29.8 Å². The number of carbonyl (C=O) groups is 1. The number of urea groups is 1. The maximum Gasteiger partial charge on any atom is 0.416 e. The summed E-state index contributed by atoms with van der Waals surface area (Å²) in [5.41, 5.74) is -0.402. The lowest BCUT2D eigenvalue weighted by molar-refractivity contribution is -0.137. The van der Waals surface area contributed by atoms with Gasteiger partial charge in [0.05, 0.1) is 5.56 Å². The number of alkyl halides is 3. The Hall–Kier alpha value is -1.72. The molecule has 0 spiro atoms. The molecule has 0 aromatic heterocycles. The Morgan fingerprint density at radius 2 is 1.70 bits per heavy atom. The first-order valence-electron chi connectivity index (χ1n) is 6.58. The van der Waals surface area contributed by atoms with Crippen LogP contribution in [0.2, 0.25) is 0 Å². The Morgan fingerprint density at radius 3 is 2.15 bits per heavy atom. The van der Waals surface area contributed by atoms with Gasteiger partial charge in [-0.15, -0.1) is 0 Å². The van der Waals surface area contributed by atoms with E-state index >= 15 is 0 Å². The molecular weight excluding hydrogens is 269 g/mol. The molecule has 0 atom stereocenters. The van der Waals surface area contributed by atoms with Gasteiger partial charge in [-0.25, -0.2) is 4.79 Å². The van der Waals surface area contributed by atoms with Gasteiger partial charge in [-0.3, -0.25) is 0 Å². The van der Waals surface area contributed by atoms with Gasteiger partial charge in [-0.05, 0) is 30.2 Å². The van der Waals surface area contributed by atoms with Gasteiger partial charge in [-0.1, -0.05) is 26.7 Å². The molecule has 1 aromatic carbocycles. The van der Waals surface area contributed by atoms with Crippen LogP contribution in [0.5, 0.6) is 0 Å². The number of carbonyl (C=O) groups excluding carboxylic acids is 1. The molecular formula is C14H19F3N2O. The van der Waals surface area contributed by atoms with Gasteiger partial charge in [0.2, 0.25) is 0 Å². The van der Waals surface area contributed by atoms with Crippen LogP contribution in [0, 0.1) is 5.92 Å². The third-order valence-corrected chi connectivity index (χ3v) is 3.18. The monoisotopic (exact) mass is 288 g/mol. The highest BCUT2D eigenvalue weighted by atomic mass is 19.4. The topological polar surface area (TPSA) is 41.1 Å². The first-order valence-corrected chi connectivity index (χ1v) is 6.58. The molecule has 1 aromatic rings. The molecule has 6 heteroatoms. The Bertz CT molecular complexity index is 425. The fourth-order valence-corrected chi connectivity index (χ4v) is 1.73. The molecule has 0 aliphatic carbocycles. The van der Waals surface area contributed by atoms with E-state index in [-0.39, 0.29) is 0 Å². The normalized spacial score (nSPS) is 11.5. The zero-order valence-electron chi connectivity index (χ0n) is 11.6. The van der Waals surface area contributed by atoms with Crippen molar-refractivity contribution in [2.45, 2.75) is 32.9 Å². The third-order valence-electron chi connectivity index (χ3n) is 3.18. The standard InChI is InChI=1S/C14H19F3N2O/c1-3-10(4-2)9-18-13(20)19-12-7-5-11(6-8-12)14(15,16)17/h5-8,10H,3-4,9H2,1-2H3,(H2,18,19,20). The second kappa shape index (κ2) is 7.17. The molecule has 20 heavy (non-hydrogen) atoms. The van der Waals surface area contributed by atoms with E-state index in [0.29, 0.717) is 18.2 Å². The zero-order chi connectivity index (χ0) is 15.2. The van der Waals surface area contributed by atoms with Crippen LogP contribution in [0.1, 0.15) is 32.3 Å². The zero-order valence-corrected chi connectivity index (χ0v) is 11.6. The van der Waals surface area contributed by atoms with Crippen molar-refractivity contribution in [3.8, 4) is 0 Å². The van der Waals surface area contributed by atoms with Crippen molar-refractivity contribution >= 4 is 11.7 Å². The molecule has 2 amide bonds. The van der Waals surface area contributed by atoms with Crippen molar-refractivity contribution in [2.24, 2.45) is 5.92 Å². The largest absolute Gasteiger partial charge is 0.416 e. The van der Waals surface area contributed by atoms with E-state index in [2.05, 4.69) is 10.6 Å². The van der Waals surface area contributed by atoms with E-state index in [4.69, 9.17) is 0 Å². The lowest BCUT2D eigenvalue weighted by Crippen LogP contribution is -2.32. The van der Waals surface area contributed by atoms with Crippen LogP contribution in [0.15, 0.2) is 24.3 Å². The summed E-state index contributed by atoms with van der Waals surface area (Å²) < 4.78 is 37.1. The summed E-state index contributed by atoms with van der Waals surface area (Å²) in [6, 6.07) is 3.95. The Labute approximate surface area is 116 Å². The van der Waals surface area contributed by atoms with Gasteiger partial charge in [0.25, 0.3) is 0 Å². The summed E-state index contributed by atoms with van der Waals surface area (Å²) in [4.78, 5) is 11.6. The molecule has 1 rings (SSSR count). The van der Waals surface area contributed by atoms with Crippen LogP contribution in [0.25, 0.3) is 0 Å². The van der Waals surface area contributed by atoms with Crippen LogP contribution >= 0.6 is 0 Å². The fourth-order valence-electron chi connectivity index (χ4n) is 1.73. The number of halogens is 3. The molecule has 0 heterocycles. The minimum absolute atomic E-state index is 0.333. The molecule has 0 saturated heterocycles. The van der Waals surface area contributed by atoms with Crippen molar-refractivity contribution in [3.63, 3.8) is 0 Å². The van der Waals surface area contributed by atoms with E-state index in [1.807, 2.05) is 13.8 Å². The second-order valence-electron chi connectivity index (χ2n) is 4.59. The van der Waals surface area contributed by atoms with Crippen LogP contribution in [0.3, 0.4) is 0 Å². The SMILES string of the molecule is CCC(CC)CNC(=O)Nc1ccc(C(F)(F)F)cc1. The minimum atomic E-state index is -4.36. The predicted octanol–water partition coefficient (Wildman–Crippen LogP) is 4.26. The molecule has 0 unspecified atom stereocenters. The molecule has 3 nitrogen and oxygen atoms in total. The molecule has 2 N–H and O–H groups in total. The van der Waals surface area contributed by atoms with Crippen LogP contribution in [-0.2, 0) is 6.18 Å². The maximum absolute atomic E-state index is 12.4. The molecule has 112 valence electrons. The van der Waals surface area contributed by atoms with Gasteiger partial charge in [-0.2, -0.15) is 13.2 Å². The summed E-state index contributed by atoms with van der Waals surface area (Å²) in [6.07, 6.45) is -2.43. The van der Waals surface area contributed by atoms with Gasteiger partial charge < -0.3 is 10.6 Å². The average molecular weight is 288 g/mol. The second-order valence-corrected chi connectivity index (χ2v) is 4.59. The summed E-state index contributed by atoms with van der Waals surface area (Å²) >= 11 is 0. The van der Waals surface area contributed by atoms with Gasteiger partial charge in [0, 0.05) is 12.2 Å². The van der Waals surface area contributed by atoms with E-state index in [1.54, 1.807) is 0 Å². The first kappa shape index (κ1) is 16.3. The molecule has 0 fully saturated rings. The lowest BCUT2D eigenvalue weighted by Gasteiger charge is -2.14. The smallest absolute Gasteiger partial charge is 0.338 e. The Kier molecular flexibility index (Phi) is 5.85. The van der Waals surface area contributed by atoms with E-state index in [9.17, 15) is 18.0 Å². The fraction of sp³-hybridized carbons (Fsp3) is 0.500. The Morgan fingerprint density at radius 1 is 1.15 bits per heavy atom. The summed E-state index contributed by atoms with van der Waals surface area (Å²) in [7, 11) is 0. The van der Waals surface area contributed by atoms with E-state index in [0.717, 1.165) is 25.0 Å². The Balaban J connectivity index is 2.50. The molecule has 0 aliphatic rings. The van der Waals surface area contributed by atoms with Crippen LogP contribution in [0.4, 0.5) is 23.7 Å². The number of hydrogen-bond acceptors (Lipinski definition) is 1. The molecule has 0 bridgehead atoms. The number of anilines is 1. The highest BCUT2D eigenvalue weighted by Gasteiger charge is 2.29. The van der Waals surface area contributed by atoms with Crippen LogP contribution in [-0.4, -0.2) is 12.6 Å². The van der Waals surface area contributed by atoms with E-state index in [1.165, 1.54) is 12.1 Å². The van der Waals surface area contributed by atoms with Crippen LogP contribution < -0.4 is 10.6 Å². The van der Waals surface area contributed by atoms with Crippen molar-refractivity contribution < 1.29 is 18.0 Å². The van der Waals surface area contributed by atoms with Gasteiger partial charge >= 0.3 is 12.2 Å². The van der Waals surface area contributed by atoms with Gasteiger partial charge in [0.1, 0.15) is 0 Å². The van der Waals surface area contributed by atoms with Crippen molar-refractivity contribution in [1.82, 2.24) is 5.32 Å². The summed E-state index contributed by atoms with van der Waals surface area (Å²) in [5.74, 6) is 0.411. The summed E-state index contributed by atoms with van der Waals surface area (Å²) in [5, 5.41) is 5.21. The number of benzene rings is 1. The quantitative estimate of drug-likeness (QED) is 0.835.